The van der Waals surface area contributed by atoms with Crippen molar-refractivity contribution in [2.75, 3.05) is 12.4 Å². The van der Waals surface area contributed by atoms with Crippen LogP contribution in [0.5, 0.6) is 0 Å². The predicted molar refractivity (Wildman–Crippen MR) is 120 cm³/mol. The van der Waals surface area contributed by atoms with Crippen molar-refractivity contribution in [3.05, 3.63) is 36.0 Å². The molecule has 1 aromatic carbocycles. The summed E-state index contributed by atoms with van der Waals surface area (Å²) in [7, 11) is 0. The number of carbonyl (C=O) groups excluding carboxylic acids is 3. The number of aliphatic hydroxyl groups excluding tert-OH is 1. The summed E-state index contributed by atoms with van der Waals surface area (Å²) in [6.45, 7) is 0.803. The third-order valence-corrected chi connectivity index (χ3v) is 5.18. The number of amides is 3. The summed E-state index contributed by atoms with van der Waals surface area (Å²) in [5, 5.41) is 26.3. The number of rotatable bonds is 11. The van der Waals surface area contributed by atoms with Crippen LogP contribution in [-0.2, 0) is 25.6 Å². The monoisotopic (exact) mass is 465 g/mol. The molecule has 8 N–H and O–H groups in total. The van der Waals surface area contributed by atoms with E-state index in [1.165, 1.54) is 6.92 Å². The number of fused-ring (bicyclic) bond motifs is 1. The first-order chi connectivity index (χ1) is 15.2. The van der Waals surface area contributed by atoms with Crippen LogP contribution >= 0.6 is 12.6 Å². The highest BCUT2D eigenvalue weighted by Crippen LogP contribution is 2.19. The lowest BCUT2D eigenvalue weighted by atomic mass is 10.0. The zero-order valence-corrected chi connectivity index (χ0v) is 18.3. The van der Waals surface area contributed by atoms with Crippen LogP contribution in [0.3, 0.4) is 0 Å². The number of carboxylic acid groups (broad SMARTS) is 1. The molecule has 3 amide bonds. The maximum atomic E-state index is 12.8. The third kappa shape index (κ3) is 6.45. The molecule has 0 aliphatic heterocycles. The second kappa shape index (κ2) is 11.5. The number of aliphatic hydroxyl groups is 1. The van der Waals surface area contributed by atoms with Gasteiger partial charge in [-0.1, -0.05) is 18.2 Å². The van der Waals surface area contributed by atoms with Crippen molar-refractivity contribution in [1.82, 2.24) is 20.9 Å². The average molecular weight is 466 g/mol. The molecule has 12 heteroatoms. The lowest BCUT2D eigenvalue weighted by molar-refractivity contribution is -0.141. The molecule has 4 unspecified atom stereocenters. The number of nitrogens with one attached hydrogen (secondary N) is 4. The smallest absolute Gasteiger partial charge is 0.327 e. The zero-order valence-electron chi connectivity index (χ0n) is 17.4. The van der Waals surface area contributed by atoms with Gasteiger partial charge in [-0.05, 0) is 18.6 Å². The standard InChI is InChI=1S/C20H27N5O6S/c1-10(23-18(28)13(21)8-26)17(27)24-15(19(29)25-16(9-32)20(30)31)6-11-7-22-14-5-3-2-4-12(11)14/h2-5,7,10,13,15-16,22,26,32H,6,8-9,21H2,1H3,(H,23,28)(H,24,27)(H,25,29)(H,30,31). The van der Waals surface area contributed by atoms with Gasteiger partial charge in [0, 0.05) is 29.3 Å². The largest absolute Gasteiger partial charge is 0.480 e. The van der Waals surface area contributed by atoms with Crippen molar-refractivity contribution in [2.45, 2.75) is 37.5 Å². The molecule has 32 heavy (non-hydrogen) atoms. The van der Waals surface area contributed by atoms with Crippen LogP contribution in [0.1, 0.15) is 12.5 Å². The second-order valence-corrected chi connectivity index (χ2v) is 7.59. The Morgan fingerprint density at radius 2 is 1.72 bits per heavy atom. The fourth-order valence-electron chi connectivity index (χ4n) is 2.95. The number of carbonyl (C=O) groups is 4. The van der Waals surface area contributed by atoms with Gasteiger partial charge in [0.15, 0.2) is 0 Å². The minimum atomic E-state index is -1.26. The van der Waals surface area contributed by atoms with Crippen molar-refractivity contribution in [2.24, 2.45) is 5.73 Å². The van der Waals surface area contributed by atoms with Crippen molar-refractivity contribution < 1.29 is 29.4 Å². The van der Waals surface area contributed by atoms with Crippen LogP contribution < -0.4 is 21.7 Å². The molecule has 0 radical (unpaired) electrons. The molecular formula is C20H27N5O6S. The molecule has 0 aliphatic rings. The molecular weight excluding hydrogens is 438 g/mol. The second-order valence-electron chi connectivity index (χ2n) is 7.23. The molecule has 2 rings (SSSR count). The Labute approximate surface area is 189 Å². The molecule has 0 aliphatic carbocycles. The van der Waals surface area contributed by atoms with Gasteiger partial charge in [0.05, 0.1) is 6.61 Å². The lowest BCUT2D eigenvalue weighted by Gasteiger charge is -2.23. The maximum Gasteiger partial charge on any atom is 0.327 e. The van der Waals surface area contributed by atoms with E-state index in [9.17, 15) is 24.3 Å². The van der Waals surface area contributed by atoms with Crippen LogP contribution in [0, 0.1) is 0 Å². The molecule has 1 heterocycles. The van der Waals surface area contributed by atoms with Gasteiger partial charge in [-0.25, -0.2) is 4.79 Å². The lowest BCUT2D eigenvalue weighted by Crippen LogP contribution is -2.57. The zero-order chi connectivity index (χ0) is 23.8. The number of benzene rings is 1. The quantitative estimate of drug-likeness (QED) is 0.186. The highest BCUT2D eigenvalue weighted by atomic mass is 32.1. The normalized spacial score (nSPS) is 14.8. The topological polar surface area (TPSA) is 187 Å². The SMILES string of the molecule is CC(NC(=O)C(N)CO)C(=O)NC(Cc1c[nH]c2ccccc12)C(=O)NC(CS)C(=O)O. The number of nitrogens with two attached hydrogens (primary N) is 1. The van der Waals surface area contributed by atoms with E-state index in [4.69, 9.17) is 10.8 Å². The first kappa shape index (κ1) is 25.2. The molecule has 0 saturated heterocycles. The number of thiol groups is 1. The number of hydrogen-bond acceptors (Lipinski definition) is 7. The van der Waals surface area contributed by atoms with Gasteiger partial charge < -0.3 is 36.9 Å². The summed E-state index contributed by atoms with van der Waals surface area (Å²) in [6.07, 6.45) is 1.77. The van der Waals surface area contributed by atoms with Gasteiger partial charge in [-0.2, -0.15) is 12.6 Å². The van der Waals surface area contributed by atoms with E-state index in [1.54, 1.807) is 6.20 Å². The van der Waals surface area contributed by atoms with Crippen LogP contribution in [0.25, 0.3) is 10.9 Å². The van der Waals surface area contributed by atoms with Crippen molar-refractivity contribution in [1.29, 1.82) is 0 Å². The summed E-state index contributed by atoms with van der Waals surface area (Å²) in [5.41, 5.74) is 7.00. The summed E-state index contributed by atoms with van der Waals surface area (Å²) >= 11 is 3.94. The van der Waals surface area contributed by atoms with Crippen molar-refractivity contribution in [3.63, 3.8) is 0 Å². The first-order valence-electron chi connectivity index (χ1n) is 9.84. The number of aliphatic carboxylic acids is 1. The van der Waals surface area contributed by atoms with Crippen LogP contribution in [0.2, 0.25) is 0 Å². The van der Waals surface area contributed by atoms with Gasteiger partial charge in [-0.3, -0.25) is 14.4 Å². The molecule has 0 spiro atoms. The molecule has 11 nitrogen and oxygen atoms in total. The number of hydrogen-bond donors (Lipinski definition) is 8. The fourth-order valence-corrected chi connectivity index (χ4v) is 3.20. The molecule has 0 fully saturated rings. The van der Waals surface area contributed by atoms with Crippen molar-refractivity contribution in [3.8, 4) is 0 Å². The van der Waals surface area contributed by atoms with Crippen LogP contribution in [-0.4, -0.2) is 75.4 Å². The minimum absolute atomic E-state index is 0.0668. The minimum Gasteiger partial charge on any atom is -0.480 e. The summed E-state index contributed by atoms with van der Waals surface area (Å²) in [5.74, 6) is -3.52. The third-order valence-electron chi connectivity index (χ3n) is 4.81. The van der Waals surface area contributed by atoms with Gasteiger partial charge in [0.2, 0.25) is 17.7 Å². The van der Waals surface area contributed by atoms with Gasteiger partial charge in [0.25, 0.3) is 0 Å². The van der Waals surface area contributed by atoms with Crippen LogP contribution in [0.15, 0.2) is 30.5 Å². The number of para-hydroxylation sites is 1. The molecule has 1 aromatic heterocycles. The highest BCUT2D eigenvalue weighted by Gasteiger charge is 2.29. The Bertz CT molecular complexity index is 980. The first-order valence-corrected chi connectivity index (χ1v) is 10.5. The van der Waals surface area contributed by atoms with Gasteiger partial charge in [0.1, 0.15) is 24.2 Å². The number of aromatic amines is 1. The van der Waals surface area contributed by atoms with E-state index in [0.717, 1.165) is 16.5 Å². The van der Waals surface area contributed by atoms with Crippen molar-refractivity contribution >= 4 is 47.2 Å². The summed E-state index contributed by atoms with van der Waals surface area (Å²) in [4.78, 5) is 51.7. The van der Waals surface area contributed by atoms with Gasteiger partial charge >= 0.3 is 5.97 Å². The highest BCUT2D eigenvalue weighted by molar-refractivity contribution is 7.80. The Balaban J connectivity index is 2.21. The Hall–Kier alpha value is -3.09. The molecule has 4 atom stereocenters. The maximum absolute atomic E-state index is 12.8. The Morgan fingerprint density at radius 3 is 2.34 bits per heavy atom. The van der Waals surface area contributed by atoms with E-state index in [2.05, 4.69) is 33.6 Å². The predicted octanol–water partition coefficient (Wildman–Crippen LogP) is -1.48. The Morgan fingerprint density at radius 1 is 1.06 bits per heavy atom. The molecule has 0 saturated carbocycles. The summed E-state index contributed by atoms with van der Waals surface area (Å²) < 4.78 is 0. The Kier molecular flexibility index (Phi) is 9.05. The number of carboxylic acids is 1. The van der Waals surface area contributed by atoms with E-state index in [1.807, 2.05) is 24.3 Å². The molecule has 174 valence electrons. The summed E-state index contributed by atoms with van der Waals surface area (Å²) in [6, 6.07) is 2.76. The molecule has 2 aromatic rings. The fraction of sp³-hybridized carbons (Fsp3) is 0.400. The average Bonchev–Trinajstić information content (AvgIpc) is 3.18. The van der Waals surface area contributed by atoms with E-state index < -0.39 is 54.5 Å². The van der Waals surface area contributed by atoms with Gasteiger partial charge in [-0.15, -0.1) is 0 Å². The number of H-pyrrole nitrogens is 1. The molecule has 0 bridgehead atoms. The van der Waals surface area contributed by atoms with Crippen LogP contribution in [0.4, 0.5) is 0 Å². The van der Waals surface area contributed by atoms with E-state index in [0.29, 0.717) is 0 Å². The van der Waals surface area contributed by atoms with E-state index >= 15 is 0 Å². The van der Waals surface area contributed by atoms with E-state index in [-0.39, 0.29) is 12.2 Å². The number of aromatic nitrogens is 1.